The number of hydrogen-bond donors (Lipinski definition) is 1. The number of nitrogen functional groups attached to an aromatic ring is 1. The second-order valence-corrected chi connectivity index (χ2v) is 3.92. The van der Waals surface area contributed by atoms with Gasteiger partial charge >= 0.3 is 0 Å². The van der Waals surface area contributed by atoms with Crippen LogP contribution in [0.3, 0.4) is 0 Å². The third-order valence-corrected chi connectivity index (χ3v) is 2.51. The van der Waals surface area contributed by atoms with Gasteiger partial charge in [-0.3, -0.25) is 4.98 Å². The van der Waals surface area contributed by atoms with Gasteiger partial charge in [0.1, 0.15) is 5.69 Å². The van der Waals surface area contributed by atoms with Crippen molar-refractivity contribution < 1.29 is 4.39 Å². The second-order valence-electron chi connectivity index (χ2n) is 3.92. The van der Waals surface area contributed by atoms with E-state index in [4.69, 9.17) is 5.73 Å². The normalized spacial score (nSPS) is 10.4. The van der Waals surface area contributed by atoms with Crippen LogP contribution in [0.25, 0.3) is 11.3 Å². The average molecular weight is 216 g/mol. The Hall–Kier alpha value is -1.90. The molecule has 0 aliphatic carbocycles. The maximum atomic E-state index is 13.7. The van der Waals surface area contributed by atoms with Crippen LogP contribution in [0.1, 0.15) is 11.1 Å². The first kappa shape index (κ1) is 10.6. The first-order valence-electron chi connectivity index (χ1n) is 5.06. The standard InChI is InChI=1S/C13H13FN2/c1-8-3-4-9(2)11(5-8)13-12(14)6-10(15)7-16-13/h3-7H,15H2,1-2H3. The van der Waals surface area contributed by atoms with Crippen LogP contribution in [0, 0.1) is 19.7 Å². The van der Waals surface area contributed by atoms with Crippen LogP contribution in [0.15, 0.2) is 30.5 Å². The van der Waals surface area contributed by atoms with Crippen LogP contribution in [0.2, 0.25) is 0 Å². The Bertz CT molecular complexity index is 535. The molecule has 0 aliphatic heterocycles. The van der Waals surface area contributed by atoms with Crippen molar-refractivity contribution in [3.63, 3.8) is 0 Å². The zero-order chi connectivity index (χ0) is 11.7. The number of pyridine rings is 1. The molecule has 0 saturated heterocycles. The van der Waals surface area contributed by atoms with E-state index in [1.807, 2.05) is 32.0 Å². The first-order chi connectivity index (χ1) is 7.58. The molecule has 1 aromatic carbocycles. The van der Waals surface area contributed by atoms with Gasteiger partial charge in [-0.25, -0.2) is 4.39 Å². The number of benzene rings is 1. The molecule has 0 unspecified atom stereocenters. The van der Waals surface area contributed by atoms with Gasteiger partial charge in [0, 0.05) is 11.6 Å². The van der Waals surface area contributed by atoms with Crippen LogP contribution >= 0.6 is 0 Å². The number of nitrogens with two attached hydrogens (primary N) is 1. The lowest BCUT2D eigenvalue weighted by atomic mass is 10.0. The minimum atomic E-state index is -0.381. The number of halogens is 1. The zero-order valence-electron chi connectivity index (χ0n) is 9.29. The van der Waals surface area contributed by atoms with Crippen LogP contribution in [0.5, 0.6) is 0 Å². The number of aromatic nitrogens is 1. The van der Waals surface area contributed by atoms with Crippen molar-refractivity contribution in [2.75, 3.05) is 5.73 Å². The molecule has 0 fully saturated rings. The molecule has 0 aliphatic rings. The highest BCUT2D eigenvalue weighted by Crippen LogP contribution is 2.25. The van der Waals surface area contributed by atoms with Gasteiger partial charge in [0.05, 0.1) is 11.9 Å². The molecule has 2 nitrogen and oxygen atoms in total. The fraction of sp³-hybridized carbons (Fsp3) is 0.154. The van der Waals surface area contributed by atoms with Crippen molar-refractivity contribution in [1.29, 1.82) is 0 Å². The van der Waals surface area contributed by atoms with Crippen LogP contribution < -0.4 is 5.73 Å². The Morgan fingerprint density at radius 2 is 1.94 bits per heavy atom. The third-order valence-electron chi connectivity index (χ3n) is 2.51. The molecule has 1 heterocycles. The summed E-state index contributed by atoms with van der Waals surface area (Å²) in [6, 6.07) is 7.18. The highest BCUT2D eigenvalue weighted by molar-refractivity contribution is 5.66. The van der Waals surface area contributed by atoms with Gasteiger partial charge in [-0.15, -0.1) is 0 Å². The van der Waals surface area contributed by atoms with E-state index in [0.29, 0.717) is 11.4 Å². The smallest absolute Gasteiger partial charge is 0.151 e. The van der Waals surface area contributed by atoms with E-state index in [2.05, 4.69) is 4.98 Å². The van der Waals surface area contributed by atoms with Crippen LogP contribution in [-0.4, -0.2) is 4.98 Å². The summed E-state index contributed by atoms with van der Waals surface area (Å²) in [5.41, 5.74) is 9.07. The van der Waals surface area contributed by atoms with E-state index < -0.39 is 0 Å². The lowest BCUT2D eigenvalue weighted by Gasteiger charge is -2.07. The molecule has 2 N–H and O–H groups in total. The summed E-state index contributed by atoms with van der Waals surface area (Å²) in [6.07, 6.45) is 1.47. The third kappa shape index (κ3) is 1.89. The van der Waals surface area contributed by atoms with Crippen LogP contribution in [0.4, 0.5) is 10.1 Å². The Morgan fingerprint density at radius 1 is 1.19 bits per heavy atom. The highest BCUT2D eigenvalue weighted by atomic mass is 19.1. The average Bonchev–Trinajstić information content (AvgIpc) is 2.22. The van der Waals surface area contributed by atoms with Gasteiger partial charge in [-0.2, -0.15) is 0 Å². The molecular formula is C13H13FN2. The summed E-state index contributed by atoms with van der Waals surface area (Å²) in [7, 11) is 0. The number of nitrogens with zero attached hydrogens (tertiary/aromatic N) is 1. The van der Waals surface area contributed by atoms with Gasteiger partial charge in [0.15, 0.2) is 5.82 Å². The first-order valence-corrected chi connectivity index (χ1v) is 5.06. The summed E-state index contributed by atoms with van der Waals surface area (Å²) < 4.78 is 13.7. The minimum Gasteiger partial charge on any atom is -0.397 e. The molecular weight excluding hydrogens is 203 g/mol. The summed E-state index contributed by atoms with van der Waals surface area (Å²) in [4.78, 5) is 4.05. The summed E-state index contributed by atoms with van der Waals surface area (Å²) >= 11 is 0. The number of aryl methyl sites for hydroxylation is 2. The minimum absolute atomic E-state index is 0.339. The SMILES string of the molecule is Cc1ccc(C)c(-c2ncc(N)cc2F)c1. The maximum absolute atomic E-state index is 13.7. The zero-order valence-corrected chi connectivity index (χ0v) is 9.29. The highest BCUT2D eigenvalue weighted by Gasteiger charge is 2.09. The summed E-state index contributed by atoms with van der Waals surface area (Å²) in [5, 5.41) is 0. The van der Waals surface area contributed by atoms with E-state index in [9.17, 15) is 4.39 Å². The van der Waals surface area contributed by atoms with Crippen molar-refractivity contribution in [1.82, 2.24) is 4.98 Å². The van der Waals surface area contributed by atoms with Gasteiger partial charge in [-0.05, 0) is 25.5 Å². The summed E-state index contributed by atoms with van der Waals surface area (Å²) in [5.74, 6) is -0.381. The van der Waals surface area contributed by atoms with Gasteiger partial charge < -0.3 is 5.73 Å². The monoisotopic (exact) mass is 216 g/mol. The summed E-state index contributed by atoms with van der Waals surface area (Å²) in [6.45, 7) is 3.91. The van der Waals surface area contributed by atoms with E-state index in [1.165, 1.54) is 12.3 Å². The molecule has 0 radical (unpaired) electrons. The molecule has 82 valence electrons. The lowest BCUT2D eigenvalue weighted by molar-refractivity contribution is 0.626. The molecule has 0 saturated carbocycles. The van der Waals surface area contributed by atoms with Crippen molar-refractivity contribution in [2.24, 2.45) is 0 Å². The number of hydrogen-bond acceptors (Lipinski definition) is 2. The fourth-order valence-electron chi connectivity index (χ4n) is 1.64. The second kappa shape index (κ2) is 3.93. The predicted molar refractivity (Wildman–Crippen MR) is 63.5 cm³/mol. The lowest BCUT2D eigenvalue weighted by Crippen LogP contribution is -1.95. The molecule has 0 atom stereocenters. The van der Waals surface area contributed by atoms with Crippen LogP contribution in [-0.2, 0) is 0 Å². The topological polar surface area (TPSA) is 38.9 Å². The van der Waals surface area contributed by atoms with E-state index in [0.717, 1.165) is 16.7 Å². The van der Waals surface area contributed by atoms with Gasteiger partial charge in [0.2, 0.25) is 0 Å². The Morgan fingerprint density at radius 3 is 2.62 bits per heavy atom. The molecule has 16 heavy (non-hydrogen) atoms. The molecule has 0 spiro atoms. The maximum Gasteiger partial charge on any atom is 0.151 e. The van der Waals surface area contributed by atoms with E-state index >= 15 is 0 Å². The van der Waals surface area contributed by atoms with Crippen molar-refractivity contribution >= 4 is 5.69 Å². The largest absolute Gasteiger partial charge is 0.397 e. The number of rotatable bonds is 1. The Balaban J connectivity index is 2.62. The van der Waals surface area contributed by atoms with Crippen molar-refractivity contribution in [2.45, 2.75) is 13.8 Å². The van der Waals surface area contributed by atoms with Gasteiger partial charge in [0.25, 0.3) is 0 Å². The molecule has 3 heteroatoms. The fourth-order valence-corrected chi connectivity index (χ4v) is 1.64. The quantitative estimate of drug-likeness (QED) is 0.795. The predicted octanol–water partition coefficient (Wildman–Crippen LogP) is 3.09. The molecule has 0 amide bonds. The molecule has 0 bridgehead atoms. The Kier molecular flexibility index (Phi) is 2.60. The Labute approximate surface area is 93.9 Å². The van der Waals surface area contributed by atoms with E-state index in [1.54, 1.807) is 0 Å². The number of anilines is 1. The molecule has 2 rings (SSSR count). The molecule has 1 aromatic heterocycles. The molecule has 2 aromatic rings. The van der Waals surface area contributed by atoms with E-state index in [-0.39, 0.29) is 5.82 Å². The van der Waals surface area contributed by atoms with Crippen molar-refractivity contribution in [3.05, 3.63) is 47.4 Å². The van der Waals surface area contributed by atoms with Gasteiger partial charge in [-0.1, -0.05) is 17.7 Å². The van der Waals surface area contributed by atoms with Crippen molar-refractivity contribution in [3.8, 4) is 11.3 Å².